The molecule has 2 rings (SSSR count). The van der Waals surface area contributed by atoms with Gasteiger partial charge in [-0.25, -0.2) is 8.42 Å². The molecule has 1 amide bonds. The standard InChI is InChI=1S/C19H22ClNO3S/c1-14-7-9-18(10-8-14)25(23,24)12-11-19(22)21(3)15(2)16-5-4-6-17(20)13-16/h4-10,13,15H,11-12H2,1-3H3. The molecule has 0 bridgehead atoms. The first-order valence-corrected chi connectivity index (χ1v) is 10.0. The van der Waals surface area contributed by atoms with Gasteiger partial charge in [0.25, 0.3) is 0 Å². The summed E-state index contributed by atoms with van der Waals surface area (Å²) < 4.78 is 24.7. The maximum Gasteiger partial charge on any atom is 0.223 e. The van der Waals surface area contributed by atoms with Gasteiger partial charge in [0.05, 0.1) is 16.7 Å². The molecule has 4 nitrogen and oxygen atoms in total. The summed E-state index contributed by atoms with van der Waals surface area (Å²) in [7, 11) is -1.80. The number of aryl methyl sites for hydroxylation is 1. The third-order valence-corrected chi connectivity index (χ3v) is 6.24. The minimum Gasteiger partial charge on any atom is -0.339 e. The molecule has 0 aliphatic heterocycles. The Balaban J connectivity index is 2.02. The van der Waals surface area contributed by atoms with Gasteiger partial charge in [-0.05, 0) is 43.7 Å². The molecule has 0 aliphatic rings. The summed E-state index contributed by atoms with van der Waals surface area (Å²) in [4.78, 5) is 14.2. The van der Waals surface area contributed by atoms with Gasteiger partial charge in [0.15, 0.2) is 9.84 Å². The van der Waals surface area contributed by atoms with Crippen LogP contribution in [0.1, 0.15) is 30.5 Å². The highest BCUT2D eigenvalue weighted by Gasteiger charge is 2.21. The van der Waals surface area contributed by atoms with Crippen LogP contribution in [0.4, 0.5) is 0 Å². The van der Waals surface area contributed by atoms with Crippen LogP contribution in [0.3, 0.4) is 0 Å². The molecule has 0 spiro atoms. The number of hydrogen-bond donors (Lipinski definition) is 0. The van der Waals surface area contributed by atoms with Crippen molar-refractivity contribution in [3.8, 4) is 0 Å². The van der Waals surface area contributed by atoms with Crippen LogP contribution in [0.5, 0.6) is 0 Å². The van der Waals surface area contributed by atoms with Crippen molar-refractivity contribution in [1.29, 1.82) is 0 Å². The van der Waals surface area contributed by atoms with Crippen LogP contribution in [-0.2, 0) is 14.6 Å². The summed E-state index contributed by atoms with van der Waals surface area (Å²) in [6.45, 7) is 3.78. The summed E-state index contributed by atoms with van der Waals surface area (Å²) >= 11 is 5.99. The van der Waals surface area contributed by atoms with E-state index >= 15 is 0 Å². The van der Waals surface area contributed by atoms with E-state index in [1.54, 1.807) is 48.3 Å². The average molecular weight is 380 g/mol. The van der Waals surface area contributed by atoms with Crippen molar-refractivity contribution in [3.63, 3.8) is 0 Å². The highest BCUT2D eigenvalue weighted by Crippen LogP contribution is 2.23. The molecule has 0 aromatic heterocycles. The lowest BCUT2D eigenvalue weighted by Crippen LogP contribution is -2.31. The fraction of sp³-hybridized carbons (Fsp3) is 0.316. The molecule has 0 fully saturated rings. The van der Waals surface area contributed by atoms with Gasteiger partial charge >= 0.3 is 0 Å². The number of amides is 1. The maximum absolute atomic E-state index is 12.4. The van der Waals surface area contributed by atoms with Gasteiger partial charge in [0, 0.05) is 18.5 Å². The summed E-state index contributed by atoms with van der Waals surface area (Å²) in [5.41, 5.74) is 1.90. The zero-order chi connectivity index (χ0) is 18.6. The average Bonchev–Trinajstić information content (AvgIpc) is 2.59. The maximum atomic E-state index is 12.4. The molecule has 134 valence electrons. The van der Waals surface area contributed by atoms with Crippen molar-refractivity contribution in [3.05, 3.63) is 64.7 Å². The van der Waals surface area contributed by atoms with E-state index in [-0.39, 0.29) is 29.0 Å². The van der Waals surface area contributed by atoms with E-state index in [1.807, 2.05) is 26.0 Å². The Hall–Kier alpha value is -1.85. The van der Waals surface area contributed by atoms with Gasteiger partial charge in [-0.3, -0.25) is 4.79 Å². The fourth-order valence-electron chi connectivity index (χ4n) is 2.47. The summed E-state index contributed by atoms with van der Waals surface area (Å²) in [6, 6.07) is 13.8. The lowest BCUT2D eigenvalue weighted by atomic mass is 10.1. The molecular weight excluding hydrogens is 358 g/mol. The highest BCUT2D eigenvalue weighted by atomic mass is 35.5. The molecule has 0 N–H and O–H groups in total. The predicted octanol–water partition coefficient (Wildman–Crippen LogP) is 4.03. The second-order valence-corrected chi connectivity index (χ2v) is 8.66. The summed E-state index contributed by atoms with van der Waals surface area (Å²) in [5, 5.41) is 0.604. The van der Waals surface area contributed by atoms with Crippen LogP contribution < -0.4 is 0 Å². The minimum absolute atomic E-state index is 0.0579. The van der Waals surface area contributed by atoms with Gasteiger partial charge in [-0.2, -0.15) is 0 Å². The first kappa shape index (κ1) is 19.5. The number of halogens is 1. The third kappa shape index (κ3) is 5.06. The Morgan fingerprint density at radius 1 is 1.16 bits per heavy atom. The van der Waals surface area contributed by atoms with Crippen LogP contribution in [0.15, 0.2) is 53.4 Å². The summed E-state index contributed by atoms with van der Waals surface area (Å²) in [5.74, 6) is -0.426. The normalized spacial score (nSPS) is 12.6. The van der Waals surface area contributed by atoms with Gasteiger partial charge < -0.3 is 4.90 Å². The molecule has 6 heteroatoms. The number of sulfone groups is 1. The topological polar surface area (TPSA) is 54.5 Å². The number of hydrogen-bond acceptors (Lipinski definition) is 3. The van der Waals surface area contributed by atoms with Crippen molar-refractivity contribution in [2.75, 3.05) is 12.8 Å². The van der Waals surface area contributed by atoms with Crippen molar-refractivity contribution < 1.29 is 13.2 Å². The summed E-state index contributed by atoms with van der Waals surface area (Å²) in [6.07, 6.45) is -0.0579. The van der Waals surface area contributed by atoms with Gasteiger partial charge in [0.2, 0.25) is 5.91 Å². The van der Waals surface area contributed by atoms with E-state index in [0.29, 0.717) is 5.02 Å². The third-order valence-electron chi connectivity index (χ3n) is 4.27. The Bertz CT molecular complexity index is 847. The number of benzene rings is 2. The van der Waals surface area contributed by atoms with Crippen LogP contribution in [0.2, 0.25) is 5.02 Å². The zero-order valence-corrected chi connectivity index (χ0v) is 16.1. The Labute approximate surface area is 154 Å². The van der Waals surface area contributed by atoms with Crippen LogP contribution in [0, 0.1) is 6.92 Å². The molecule has 0 saturated heterocycles. The molecule has 1 unspecified atom stereocenters. The van der Waals surface area contributed by atoms with E-state index in [9.17, 15) is 13.2 Å². The molecule has 2 aromatic rings. The number of nitrogens with zero attached hydrogens (tertiary/aromatic N) is 1. The molecule has 2 aromatic carbocycles. The molecule has 0 radical (unpaired) electrons. The second kappa shape index (κ2) is 8.02. The van der Waals surface area contributed by atoms with Gasteiger partial charge in [-0.1, -0.05) is 41.4 Å². The monoisotopic (exact) mass is 379 g/mol. The molecule has 1 atom stereocenters. The first-order chi connectivity index (χ1) is 11.7. The highest BCUT2D eigenvalue weighted by molar-refractivity contribution is 7.91. The molecule has 0 saturated carbocycles. The van der Waals surface area contributed by atoms with E-state index in [2.05, 4.69) is 0 Å². The van der Waals surface area contributed by atoms with Gasteiger partial charge in [-0.15, -0.1) is 0 Å². The zero-order valence-electron chi connectivity index (χ0n) is 14.6. The predicted molar refractivity (Wildman–Crippen MR) is 100 cm³/mol. The quantitative estimate of drug-likeness (QED) is 0.761. The Kier molecular flexibility index (Phi) is 6.25. The largest absolute Gasteiger partial charge is 0.339 e. The second-order valence-electron chi connectivity index (χ2n) is 6.12. The van der Waals surface area contributed by atoms with E-state index in [0.717, 1.165) is 11.1 Å². The van der Waals surface area contributed by atoms with Crippen molar-refractivity contribution in [2.45, 2.75) is 31.2 Å². The van der Waals surface area contributed by atoms with E-state index in [4.69, 9.17) is 11.6 Å². The Morgan fingerprint density at radius 3 is 2.40 bits per heavy atom. The number of carbonyl (C=O) groups excluding carboxylic acids is 1. The lowest BCUT2D eigenvalue weighted by Gasteiger charge is -2.25. The lowest BCUT2D eigenvalue weighted by molar-refractivity contribution is -0.131. The minimum atomic E-state index is -3.47. The van der Waals surface area contributed by atoms with Gasteiger partial charge in [0.1, 0.15) is 0 Å². The van der Waals surface area contributed by atoms with Crippen molar-refractivity contribution in [2.24, 2.45) is 0 Å². The first-order valence-electron chi connectivity index (χ1n) is 8.01. The van der Waals surface area contributed by atoms with Crippen molar-refractivity contribution >= 4 is 27.3 Å². The molecular formula is C19H22ClNO3S. The fourth-order valence-corrected chi connectivity index (χ4v) is 3.90. The van der Waals surface area contributed by atoms with Crippen LogP contribution in [0.25, 0.3) is 0 Å². The van der Waals surface area contributed by atoms with Crippen LogP contribution in [-0.4, -0.2) is 32.0 Å². The number of rotatable bonds is 6. The smallest absolute Gasteiger partial charge is 0.223 e. The van der Waals surface area contributed by atoms with Crippen LogP contribution >= 0.6 is 11.6 Å². The van der Waals surface area contributed by atoms with E-state index < -0.39 is 9.84 Å². The SMILES string of the molecule is Cc1ccc(S(=O)(=O)CCC(=O)N(C)C(C)c2cccc(Cl)c2)cc1. The molecule has 0 aliphatic carbocycles. The van der Waals surface area contributed by atoms with Crippen molar-refractivity contribution in [1.82, 2.24) is 4.90 Å². The molecule has 25 heavy (non-hydrogen) atoms. The van der Waals surface area contributed by atoms with E-state index in [1.165, 1.54) is 0 Å². The Morgan fingerprint density at radius 2 is 1.80 bits per heavy atom. The number of carbonyl (C=O) groups is 1. The molecule has 0 heterocycles.